The summed E-state index contributed by atoms with van der Waals surface area (Å²) in [6.07, 6.45) is 15.8. The number of hydrogen-bond acceptors (Lipinski definition) is 3. The van der Waals surface area contributed by atoms with Crippen LogP contribution in [0.3, 0.4) is 0 Å². The molecule has 0 fully saturated rings. The molecule has 9 rings (SSSR count). The molecule has 2 heterocycles. The molecule has 4 heteroatoms. The highest BCUT2D eigenvalue weighted by Gasteiger charge is 2.44. The van der Waals surface area contributed by atoms with Crippen molar-refractivity contribution in [3.05, 3.63) is 173 Å². The van der Waals surface area contributed by atoms with Gasteiger partial charge in [0.15, 0.2) is 0 Å². The van der Waals surface area contributed by atoms with E-state index in [0.717, 1.165) is 42.7 Å². The highest BCUT2D eigenvalue weighted by Crippen LogP contribution is 2.47. The van der Waals surface area contributed by atoms with Crippen LogP contribution in [0.2, 0.25) is 0 Å². The van der Waals surface area contributed by atoms with Crippen LogP contribution in [0.1, 0.15) is 42.4 Å². The first-order valence-corrected chi connectivity index (χ1v) is 17.7. The molecular weight excluding hydrogens is 593 g/mol. The van der Waals surface area contributed by atoms with Gasteiger partial charge in [0, 0.05) is 51.2 Å². The van der Waals surface area contributed by atoms with E-state index in [1.807, 2.05) is 0 Å². The molecule has 0 amide bonds. The molecule has 4 aliphatic rings. The third-order valence-corrected chi connectivity index (χ3v) is 10.6. The molecule has 0 aromatic heterocycles. The van der Waals surface area contributed by atoms with Crippen LogP contribution in [-0.2, 0) is 0 Å². The Bertz CT molecular complexity index is 2160. The average molecular weight is 634 g/mol. The Labute approximate surface area is 290 Å². The smallest absolute Gasteiger partial charge is 0.247 e. The number of allylic oxidation sites excluding steroid dienone is 7. The van der Waals surface area contributed by atoms with E-state index in [-0.39, 0.29) is 6.71 Å². The first-order valence-electron chi connectivity index (χ1n) is 17.7. The molecule has 0 spiro atoms. The third-order valence-electron chi connectivity index (χ3n) is 10.6. The fraction of sp³-hybridized carbons (Fsp3) is 0.156. The summed E-state index contributed by atoms with van der Waals surface area (Å²) in [4.78, 5) is 7.51. The number of nitrogens with zero attached hydrogens (tertiary/aromatic N) is 3. The molecule has 0 N–H and O–H groups in total. The van der Waals surface area contributed by atoms with Crippen LogP contribution in [0.5, 0.6) is 0 Å². The zero-order valence-electron chi connectivity index (χ0n) is 28.5. The van der Waals surface area contributed by atoms with Gasteiger partial charge in [0.05, 0.1) is 0 Å². The van der Waals surface area contributed by atoms with Crippen molar-refractivity contribution in [2.24, 2.45) is 0 Å². The largest absolute Gasteiger partial charge is 0.315 e. The number of anilines is 7. The fourth-order valence-corrected chi connectivity index (χ4v) is 8.18. The quantitative estimate of drug-likeness (QED) is 0.178. The number of benzene rings is 5. The summed E-state index contributed by atoms with van der Waals surface area (Å²) >= 11 is 0. The zero-order valence-corrected chi connectivity index (χ0v) is 28.5. The molecule has 3 nitrogen and oxygen atoms in total. The standard InChI is InChI=1S/C45H40BN3/c1-31-16-22-35(23-17-31)47(36-24-18-32(2)19-25-36)38-28-29-40-44(30-38)49(34-10-5-4-6-11-34)43-15-9-14-42-45(43)46(40)39-12-7-8-13-41(39)48(42)37-26-20-33(3)21-27-37/h4-5,8-10,13-30H,6-7,11-12H2,1-3H3. The molecule has 0 bridgehead atoms. The Balaban J connectivity index is 1.29. The molecule has 0 unspecified atom stereocenters. The fourth-order valence-electron chi connectivity index (χ4n) is 8.18. The minimum atomic E-state index is 0.195. The van der Waals surface area contributed by atoms with Gasteiger partial charge in [0.2, 0.25) is 6.71 Å². The van der Waals surface area contributed by atoms with Crippen LogP contribution in [-0.4, -0.2) is 6.71 Å². The summed E-state index contributed by atoms with van der Waals surface area (Å²) in [6.45, 7) is 6.67. The van der Waals surface area contributed by atoms with Gasteiger partial charge >= 0.3 is 0 Å². The Morgan fingerprint density at radius 3 is 1.86 bits per heavy atom. The van der Waals surface area contributed by atoms with Gasteiger partial charge in [-0.2, -0.15) is 0 Å². The monoisotopic (exact) mass is 633 g/mol. The third kappa shape index (κ3) is 4.97. The molecule has 0 saturated carbocycles. The van der Waals surface area contributed by atoms with E-state index in [1.165, 1.54) is 67.2 Å². The van der Waals surface area contributed by atoms with Crippen molar-refractivity contribution in [3.8, 4) is 0 Å². The number of aryl methyl sites for hydroxylation is 3. The number of hydrogen-bond donors (Lipinski definition) is 0. The van der Waals surface area contributed by atoms with Gasteiger partial charge in [-0.1, -0.05) is 88.9 Å². The molecule has 2 aliphatic heterocycles. The maximum atomic E-state index is 2.58. The lowest BCUT2D eigenvalue weighted by molar-refractivity contribution is 0.917. The van der Waals surface area contributed by atoms with E-state index >= 15 is 0 Å². The molecule has 2 aliphatic carbocycles. The molecule has 5 aromatic carbocycles. The average Bonchev–Trinajstić information content (AvgIpc) is 3.14. The Hall–Kier alpha value is -5.48. The van der Waals surface area contributed by atoms with E-state index in [4.69, 9.17) is 0 Å². The zero-order chi connectivity index (χ0) is 33.1. The molecule has 49 heavy (non-hydrogen) atoms. The van der Waals surface area contributed by atoms with Crippen LogP contribution < -0.4 is 25.6 Å². The second-order valence-electron chi connectivity index (χ2n) is 13.9. The van der Waals surface area contributed by atoms with Crippen LogP contribution in [0.25, 0.3) is 0 Å². The lowest BCUT2D eigenvalue weighted by Crippen LogP contribution is -2.56. The van der Waals surface area contributed by atoms with Gasteiger partial charge in [-0.25, -0.2) is 0 Å². The van der Waals surface area contributed by atoms with E-state index in [0.29, 0.717) is 0 Å². The lowest BCUT2D eigenvalue weighted by atomic mass is 9.32. The summed E-state index contributed by atoms with van der Waals surface area (Å²) in [5.41, 5.74) is 19.4. The molecule has 0 radical (unpaired) electrons. The number of fused-ring (bicyclic) bond motifs is 3. The van der Waals surface area contributed by atoms with Crippen LogP contribution in [0.4, 0.5) is 39.8 Å². The van der Waals surface area contributed by atoms with E-state index in [9.17, 15) is 0 Å². The van der Waals surface area contributed by atoms with Crippen molar-refractivity contribution in [1.29, 1.82) is 0 Å². The summed E-state index contributed by atoms with van der Waals surface area (Å²) in [6, 6.07) is 41.1. The lowest BCUT2D eigenvalue weighted by Gasteiger charge is -2.46. The van der Waals surface area contributed by atoms with Crippen molar-refractivity contribution < 1.29 is 0 Å². The second kappa shape index (κ2) is 11.9. The SMILES string of the molecule is Cc1ccc(N2C3=C(CCC=C3)B3c4ccc(N(c5ccc(C)cc5)c5ccc(C)cc5)cc4N(C4=CC=CCC4)c4cccc2c43)cc1. The minimum absolute atomic E-state index is 0.195. The van der Waals surface area contributed by atoms with Crippen molar-refractivity contribution in [1.82, 2.24) is 0 Å². The van der Waals surface area contributed by atoms with Gasteiger partial charge in [-0.05, 0) is 130 Å². The predicted octanol–water partition coefficient (Wildman–Crippen LogP) is 10.7. The molecule has 0 atom stereocenters. The van der Waals surface area contributed by atoms with Gasteiger partial charge in [-0.3, -0.25) is 0 Å². The summed E-state index contributed by atoms with van der Waals surface area (Å²) < 4.78 is 0. The number of rotatable bonds is 5. The normalized spacial score (nSPS) is 15.9. The first-order chi connectivity index (χ1) is 24.0. The summed E-state index contributed by atoms with van der Waals surface area (Å²) in [5.74, 6) is 0. The Morgan fingerprint density at radius 1 is 0.592 bits per heavy atom. The Morgan fingerprint density at radius 2 is 1.20 bits per heavy atom. The summed E-state index contributed by atoms with van der Waals surface area (Å²) in [5, 5.41) is 0. The highest BCUT2D eigenvalue weighted by atomic mass is 15.2. The highest BCUT2D eigenvalue weighted by molar-refractivity contribution is 6.95. The van der Waals surface area contributed by atoms with Gasteiger partial charge < -0.3 is 14.7 Å². The Kier molecular flexibility index (Phi) is 7.20. The summed E-state index contributed by atoms with van der Waals surface area (Å²) in [7, 11) is 0. The molecule has 238 valence electrons. The van der Waals surface area contributed by atoms with E-state index < -0.39 is 0 Å². The predicted molar refractivity (Wildman–Crippen MR) is 209 cm³/mol. The van der Waals surface area contributed by atoms with Crippen molar-refractivity contribution in [2.75, 3.05) is 14.7 Å². The maximum absolute atomic E-state index is 2.58. The van der Waals surface area contributed by atoms with E-state index in [2.05, 4.69) is 175 Å². The van der Waals surface area contributed by atoms with Gasteiger partial charge in [0.25, 0.3) is 0 Å². The molecule has 0 saturated heterocycles. The molecule has 5 aromatic rings. The van der Waals surface area contributed by atoms with Crippen LogP contribution in [0, 0.1) is 20.8 Å². The topological polar surface area (TPSA) is 9.72 Å². The van der Waals surface area contributed by atoms with Crippen LogP contribution in [0.15, 0.2) is 156 Å². The van der Waals surface area contributed by atoms with Crippen molar-refractivity contribution in [3.63, 3.8) is 0 Å². The van der Waals surface area contributed by atoms with Crippen molar-refractivity contribution in [2.45, 2.75) is 46.5 Å². The second-order valence-corrected chi connectivity index (χ2v) is 13.9. The maximum Gasteiger partial charge on any atom is 0.247 e. The van der Waals surface area contributed by atoms with Gasteiger partial charge in [0.1, 0.15) is 0 Å². The molecular formula is C45H40BN3. The van der Waals surface area contributed by atoms with Crippen molar-refractivity contribution >= 4 is 57.5 Å². The first kappa shape index (κ1) is 29.6. The minimum Gasteiger partial charge on any atom is -0.315 e. The van der Waals surface area contributed by atoms with Crippen LogP contribution >= 0.6 is 0 Å². The van der Waals surface area contributed by atoms with E-state index in [1.54, 1.807) is 0 Å². The van der Waals surface area contributed by atoms with Gasteiger partial charge in [-0.15, -0.1) is 0 Å².